The van der Waals surface area contributed by atoms with E-state index in [4.69, 9.17) is 20.4 Å². The van der Waals surface area contributed by atoms with Gasteiger partial charge in [-0.1, -0.05) is 0 Å². The minimum Gasteiger partial charge on any atom is -0.396 e. The third-order valence-corrected chi connectivity index (χ3v) is 1.45. The summed E-state index contributed by atoms with van der Waals surface area (Å²) in [6.45, 7) is 6.80. The lowest BCUT2D eigenvalue weighted by atomic mass is 10.1. The monoisotopic (exact) mass is 208 g/mol. The van der Waals surface area contributed by atoms with Crippen LogP contribution in [0.2, 0.25) is 0 Å². The lowest BCUT2D eigenvalue weighted by Gasteiger charge is -2.13. The van der Waals surface area contributed by atoms with Crippen LogP contribution in [0, 0.1) is 0 Å². The molecule has 0 radical (unpaired) electrons. The molecule has 0 bridgehead atoms. The van der Waals surface area contributed by atoms with Crippen molar-refractivity contribution in [3.05, 3.63) is 0 Å². The van der Waals surface area contributed by atoms with Gasteiger partial charge in [-0.05, 0) is 40.5 Å². The Hall–Kier alpha value is -0.160. The topological polar surface area (TPSA) is 80.9 Å². The van der Waals surface area contributed by atoms with E-state index >= 15 is 0 Å². The van der Waals surface area contributed by atoms with Gasteiger partial charge in [0.1, 0.15) is 0 Å². The first-order chi connectivity index (χ1) is 6.12. The lowest BCUT2D eigenvalue weighted by Crippen LogP contribution is -2.19. The molecular formula is C10H24O4. The van der Waals surface area contributed by atoms with Gasteiger partial charge in [-0.25, -0.2) is 0 Å². The molecular weight excluding hydrogens is 184 g/mol. The molecule has 0 aromatic carbocycles. The lowest BCUT2D eigenvalue weighted by molar-refractivity contribution is 0.0507. The van der Waals surface area contributed by atoms with Crippen molar-refractivity contribution in [2.75, 3.05) is 13.2 Å². The molecule has 4 nitrogen and oxygen atoms in total. The maximum Gasteiger partial charge on any atom is 0.0613 e. The van der Waals surface area contributed by atoms with Gasteiger partial charge < -0.3 is 20.4 Å². The molecule has 4 heteroatoms. The number of hydrogen-bond donors (Lipinski definition) is 4. The van der Waals surface area contributed by atoms with Gasteiger partial charge in [-0.15, -0.1) is 0 Å². The van der Waals surface area contributed by atoms with Crippen molar-refractivity contribution in [3.63, 3.8) is 0 Å². The van der Waals surface area contributed by atoms with Crippen LogP contribution in [0.25, 0.3) is 0 Å². The van der Waals surface area contributed by atoms with Crippen LogP contribution in [0.3, 0.4) is 0 Å². The van der Waals surface area contributed by atoms with E-state index in [-0.39, 0.29) is 13.2 Å². The van der Waals surface area contributed by atoms with Crippen LogP contribution in [0.5, 0.6) is 0 Å². The Balaban J connectivity index is 0. The molecule has 0 saturated carbocycles. The largest absolute Gasteiger partial charge is 0.396 e. The summed E-state index contributed by atoms with van der Waals surface area (Å²) < 4.78 is 0. The van der Waals surface area contributed by atoms with Crippen LogP contribution < -0.4 is 0 Å². The van der Waals surface area contributed by atoms with Crippen LogP contribution >= 0.6 is 0 Å². The predicted molar refractivity (Wildman–Crippen MR) is 56.0 cm³/mol. The highest BCUT2D eigenvalue weighted by molar-refractivity contribution is 4.62. The smallest absolute Gasteiger partial charge is 0.0613 e. The van der Waals surface area contributed by atoms with Crippen molar-refractivity contribution in [1.82, 2.24) is 0 Å². The van der Waals surface area contributed by atoms with Crippen LogP contribution in [0.4, 0.5) is 0 Å². The highest BCUT2D eigenvalue weighted by atomic mass is 16.3. The predicted octanol–water partition coefficient (Wildman–Crippen LogP) is 0.279. The highest BCUT2D eigenvalue weighted by Gasteiger charge is 2.09. The molecule has 4 N–H and O–H groups in total. The molecule has 0 aliphatic rings. The molecule has 0 aliphatic heterocycles. The van der Waals surface area contributed by atoms with Gasteiger partial charge >= 0.3 is 0 Å². The van der Waals surface area contributed by atoms with Gasteiger partial charge in [-0.2, -0.15) is 0 Å². The maximum atomic E-state index is 8.86. The van der Waals surface area contributed by atoms with Crippen molar-refractivity contribution in [2.45, 2.75) is 51.7 Å². The fourth-order valence-corrected chi connectivity index (χ4v) is 0.547. The fraction of sp³-hybridized carbons (Fsp3) is 1.00. The zero-order valence-electron chi connectivity index (χ0n) is 9.62. The first-order valence-corrected chi connectivity index (χ1v) is 4.79. The molecule has 0 amide bonds. The molecule has 0 rings (SSSR count). The number of aliphatic hydroxyl groups excluding tert-OH is 2. The highest BCUT2D eigenvalue weighted by Crippen LogP contribution is 2.04. The number of aliphatic hydroxyl groups is 4. The molecule has 0 aromatic heterocycles. The van der Waals surface area contributed by atoms with Crippen LogP contribution in [-0.2, 0) is 0 Å². The van der Waals surface area contributed by atoms with E-state index in [1.54, 1.807) is 27.7 Å². The van der Waals surface area contributed by atoms with Crippen molar-refractivity contribution in [3.8, 4) is 0 Å². The Morgan fingerprint density at radius 3 is 0.929 bits per heavy atom. The first kappa shape index (κ1) is 16.3. The van der Waals surface area contributed by atoms with Gasteiger partial charge in [0.25, 0.3) is 0 Å². The SMILES string of the molecule is CC(C)(O)CCO.CC(C)(O)CCO. The third-order valence-electron chi connectivity index (χ3n) is 1.45. The minimum atomic E-state index is -0.700. The molecule has 14 heavy (non-hydrogen) atoms. The fourth-order valence-electron chi connectivity index (χ4n) is 0.547. The molecule has 0 atom stereocenters. The Labute approximate surface area is 86.2 Å². The molecule has 0 heterocycles. The summed E-state index contributed by atoms with van der Waals surface area (Å²) in [6.07, 6.45) is 0.903. The molecule has 0 spiro atoms. The zero-order chi connectivity index (χ0) is 11.8. The molecule has 0 aliphatic carbocycles. The van der Waals surface area contributed by atoms with Gasteiger partial charge in [0.2, 0.25) is 0 Å². The summed E-state index contributed by atoms with van der Waals surface area (Å²) in [7, 11) is 0. The van der Waals surface area contributed by atoms with Gasteiger partial charge in [-0.3, -0.25) is 0 Å². The van der Waals surface area contributed by atoms with Crippen molar-refractivity contribution >= 4 is 0 Å². The second kappa shape index (κ2) is 7.17. The Bertz CT molecular complexity index is 105. The molecule has 0 unspecified atom stereocenters. The van der Waals surface area contributed by atoms with E-state index in [9.17, 15) is 0 Å². The summed E-state index contributed by atoms with van der Waals surface area (Å²) in [5.41, 5.74) is -1.40. The second-order valence-electron chi connectivity index (χ2n) is 4.57. The molecule has 88 valence electrons. The van der Waals surface area contributed by atoms with Gasteiger partial charge in [0, 0.05) is 13.2 Å². The summed E-state index contributed by atoms with van der Waals surface area (Å²) >= 11 is 0. The zero-order valence-corrected chi connectivity index (χ0v) is 9.62. The van der Waals surface area contributed by atoms with E-state index in [1.165, 1.54) is 0 Å². The Kier molecular flexibility index (Phi) is 8.34. The van der Waals surface area contributed by atoms with Crippen LogP contribution in [-0.4, -0.2) is 44.8 Å². The Morgan fingerprint density at radius 1 is 0.714 bits per heavy atom. The third kappa shape index (κ3) is 22.6. The minimum absolute atomic E-state index is 0.0590. The van der Waals surface area contributed by atoms with Crippen molar-refractivity contribution in [2.24, 2.45) is 0 Å². The summed E-state index contributed by atoms with van der Waals surface area (Å²) in [5, 5.41) is 34.2. The van der Waals surface area contributed by atoms with E-state index in [2.05, 4.69) is 0 Å². The van der Waals surface area contributed by atoms with Crippen LogP contribution in [0.15, 0.2) is 0 Å². The molecule has 0 saturated heterocycles. The van der Waals surface area contributed by atoms with Crippen molar-refractivity contribution in [1.29, 1.82) is 0 Å². The summed E-state index contributed by atoms with van der Waals surface area (Å²) in [4.78, 5) is 0. The van der Waals surface area contributed by atoms with Gasteiger partial charge in [0.15, 0.2) is 0 Å². The Morgan fingerprint density at radius 2 is 0.929 bits per heavy atom. The number of rotatable bonds is 4. The molecule has 0 aromatic rings. The second-order valence-corrected chi connectivity index (χ2v) is 4.57. The van der Waals surface area contributed by atoms with E-state index < -0.39 is 11.2 Å². The van der Waals surface area contributed by atoms with Crippen molar-refractivity contribution < 1.29 is 20.4 Å². The average molecular weight is 208 g/mol. The summed E-state index contributed by atoms with van der Waals surface area (Å²) in [6, 6.07) is 0. The quantitative estimate of drug-likeness (QED) is 0.535. The number of hydrogen-bond acceptors (Lipinski definition) is 4. The first-order valence-electron chi connectivity index (χ1n) is 4.79. The molecule has 0 fully saturated rings. The summed E-state index contributed by atoms with van der Waals surface area (Å²) in [5.74, 6) is 0. The van der Waals surface area contributed by atoms with Crippen LogP contribution in [0.1, 0.15) is 40.5 Å². The van der Waals surface area contributed by atoms with E-state index in [1.807, 2.05) is 0 Å². The van der Waals surface area contributed by atoms with E-state index in [0.29, 0.717) is 12.8 Å². The average Bonchev–Trinajstić information content (AvgIpc) is 1.81. The van der Waals surface area contributed by atoms with Gasteiger partial charge in [0.05, 0.1) is 11.2 Å². The standard InChI is InChI=1S/2C5H12O2/c2*1-5(2,7)3-4-6/h2*6-7H,3-4H2,1-2H3. The normalized spacial score (nSPS) is 12.0. The van der Waals surface area contributed by atoms with E-state index in [0.717, 1.165) is 0 Å². The maximum absolute atomic E-state index is 8.86.